The van der Waals surface area contributed by atoms with Gasteiger partial charge in [0.25, 0.3) is 0 Å². The van der Waals surface area contributed by atoms with Crippen LogP contribution in [0.2, 0.25) is 20.1 Å². The fraction of sp³-hybridized carbons (Fsp3) is 0.226. The van der Waals surface area contributed by atoms with Crippen LogP contribution in [0.4, 0.5) is 0 Å². The number of benzene rings is 4. The van der Waals surface area contributed by atoms with Gasteiger partial charge in [-0.25, -0.2) is 0 Å². The molecule has 0 aliphatic carbocycles. The Kier molecular flexibility index (Phi) is 11.7. The predicted octanol–water partition coefficient (Wildman–Crippen LogP) is 5.61. The molecule has 206 valence electrons. The van der Waals surface area contributed by atoms with Gasteiger partial charge in [0.1, 0.15) is 19.0 Å². The maximum absolute atomic E-state index is 6.45. The smallest absolute Gasteiger partial charge is 0.156 e. The molecule has 0 bridgehead atoms. The number of rotatable bonds is 10. The monoisotopic (exact) mass is 623 g/mol. The highest BCUT2D eigenvalue weighted by Gasteiger charge is 2.17. The molecule has 0 aromatic heterocycles. The van der Waals surface area contributed by atoms with Gasteiger partial charge in [0, 0.05) is 11.5 Å². The highest BCUT2D eigenvalue weighted by Crippen LogP contribution is 2.36. The second kappa shape index (κ2) is 14.5. The average Bonchev–Trinajstić information content (AvgIpc) is 2.89. The Labute approximate surface area is 256 Å². The van der Waals surface area contributed by atoms with Crippen LogP contribution in [0.1, 0.15) is 28.2 Å². The van der Waals surface area contributed by atoms with E-state index in [0.29, 0.717) is 45.0 Å². The Bertz CT molecular complexity index is 1390. The molecule has 4 rings (SSSR count). The zero-order chi connectivity index (χ0) is 27.2. The van der Waals surface area contributed by atoms with Gasteiger partial charge in [-0.15, -0.1) is 0 Å². The molecule has 0 fully saturated rings. The molecule has 0 spiro atoms. The first-order valence-electron chi connectivity index (χ1n) is 12.4. The van der Waals surface area contributed by atoms with Gasteiger partial charge in [-0.05, 0) is 78.4 Å². The maximum Gasteiger partial charge on any atom is 0.156 e. The summed E-state index contributed by atoms with van der Waals surface area (Å²) in [6, 6.07) is 24.0. The first kappa shape index (κ1) is 31.4. The summed E-state index contributed by atoms with van der Waals surface area (Å²) >= 11 is 25.1. The van der Waals surface area contributed by atoms with Crippen LogP contribution in [0, 0.1) is 13.8 Å². The van der Waals surface area contributed by atoms with E-state index in [1.165, 1.54) is 16.7 Å². The van der Waals surface area contributed by atoms with E-state index in [2.05, 4.69) is 43.0 Å². The lowest BCUT2D eigenvalue weighted by Crippen LogP contribution is -3.00. The van der Waals surface area contributed by atoms with Crippen LogP contribution in [-0.4, -0.2) is 19.8 Å². The Morgan fingerprint density at radius 3 is 2.08 bits per heavy atom. The maximum atomic E-state index is 6.45. The number of hydrogen-bond donors (Lipinski definition) is 1. The van der Waals surface area contributed by atoms with Gasteiger partial charge in [-0.1, -0.05) is 88.9 Å². The molecule has 0 radical (unpaired) electrons. The third-order valence-corrected chi connectivity index (χ3v) is 7.85. The van der Waals surface area contributed by atoms with Crippen LogP contribution in [0.25, 0.3) is 11.1 Å². The van der Waals surface area contributed by atoms with Crippen LogP contribution < -0.4 is 27.6 Å². The zero-order valence-corrected chi connectivity index (χ0v) is 25.5. The predicted molar refractivity (Wildman–Crippen MR) is 159 cm³/mol. The highest BCUT2D eigenvalue weighted by molar-refractivity contribution is 6.43. The van der Waals surface area contributed by atoms with Crippen molar-refractivity contribution in [3.63, 3.8) is 0 Å². The van der Waals surface area contributed by atoms with Gasteiger partial charge in [0.15, 0.2) is 5.75 Å². The lowest BCUT2D eigenvalue weighted by molar-refractivity contribution is -0.372. The number of quaternary nitrogens is 1. The summed E-state index contributed by atoms with van der Waals surface area (Å²) in [5.41, 5.74) is 10.9. The van der Waals surface area contributed by atoms with Crippen molar-refractivity contribution in [2.24, 2.45) is 0 Å². The molecule has 0 amide bonds. The number of aryl methyl sites for hydroxylation is 2. The molecule has 0 aliphatic rings. The minimum atomic E-state index is 0. The molecule has 1 atom stereocenters. The van der Waals surface area contributed by atoms with Crippen LogP contribution in [0.15, 0.2) is 72.8 Å². The molecule has 3 nitrogen and oxygen atoms in total. The Morgan fingerprint density at radius 2 is 1.44 bits per heavy atom. The molecule has 0 saturated carbocycles. The van der Waals surface area contributed by atoms with E-state index in [1.807, 2.05) is 43.3 Å². The zero-order valence-electron chi connectivity index (χ0n) is 21.7. The van der Waals surface area contributed by atoms with Crippen molar-refractivity contribution in [1.29, 1.82) is 0 Å². The summed E-state index contributed by atoms with van der Waals surface area (Å²) in [6.45, 7) is 5.57. The largest absolute Gasteiger partial charge is 1.00 e. The van der Waals surface area contributed by atoms with E-state index < -0.39 is 0 Å². The molecular formula is C31H30Cl5NO2. The van der Waals surface area contributed by atoms with Gasteiger partial charge in [-0.2, -0.15) is 0 Å². The summed E-state index contributed by atoms with van der Waals surface area (Å²) in [5.74, 6) is 1.56. The van der Waals surface area contributed by atoms with Gasteiger partial charge in [-0.3, -0.25) is 0 Å². The molecule has 0 aliphatic heterocycles. The topological polar surface area (TPSA) is 46.1 Å². The van der Waals surface area contributed by atoms with E-state index in [-0.39, 0.29) is 12.4 Å². The third kappa shape index (κ3) is 7.98. The average molecular weight is 626 g/mol. The third-order valence-electron chi connectivity index (χ3n) is 6.47. The quantitative estimate of drug-likeness (QED) is 0.233. The van der Waals surface area contributed by atoms with Crippen molar-refractivity contribution in [2.45, 2.75) is 26.2 Å². The van der Waals surface area contributed by atoms with Gasteiger partial charge in [0.2, 0.25) is 0 Å². The minimum Gasteiger partial charge on any atom is -1.00 e. The van der Waals surface area contributed by atoms with E-state index in [4.69, 9.17) is 55.9 Å². The standard InChI is InChI=1S/C31H29Cl4NO2.ClH/c1-19-14-28(33)31(29(34)15-19)38-13-12-37-24-9-6-21(7-10-24)17-23(18-36)25-11-8-22(16-20(25)2)26-4-3-5-27(32)30(26)35;/h3-11,14-16,23H,12-13,17-18,36H2,1-2H3;1H. The van der Waals surface area contributed by atoms with Gasteiger partial charge < -0.3 is 27.6 Å². The highest BCUT2D eigenvalue weighted by atomic mass is 35.5. The van der Waals surface area contributed by atoms with Crippen molar-refractivity contribution in [1.82, 2.24) is 0 Å². The van der Waals surface area contributed by atoms with Crippen molar-refractivity contribution < 1.29 is 27.6 Å². The summed E-state index contributed by atoms with van der Waals surface area (Å²) in [5, 5.41) is 2.13. The van der Waals surface area contributed by atoms with E-state index >= 15 is 0 Å². The second-order valence-corrected chi connectivity index (χ2v) is 10.9. The van der Waals surface area contributed by atoms with Crippen molar-refractivity contribution >= 4 is 46.4 Å². The first-order valence-corrected chi connectivity index (χ1v) is 13.9. The van der Waals surface area contributed by atoms with Crippen LogP contribution in [0.3, 0.4) is 0 Å². The number of ether oxygens (including phenoxy) is 2. The normalized spacial score (nSPS) is 11.6. The van der Waals surface area contributed by atoms with Crippen LogP contribution in [-0.2, 0) is 6.42 Å². The Balaban J connectivity index is 0.00000420. The Morgan fingerprint density at radius 1 is 0.769 bits per heavy atom. The molecule has 8 heteroatoms. The second-order valence-electron chi connectivity index (χ2n) is 9.26. The molecule has 0 heterocycles. The van der Waals surface area contributed by atoms with Crippen LogP contribution >= 0.6 is 46.4 Å². The van der Waals surface area contributed by atoms with E-state index in [1.54, 1.807) is 6.07 Å². The fourth-order valence-electron chi connectivity index (χ4n) is 4.53. The van der Waals surface area contributed by atoms with E-state index in [9.17, 15) is 0 Å². The van der Waals surface area contributed by atoms with Crippen LogP contribution in [0.5, 0.6) is 11.5 Å². The number of hydrogen-bond acceptors (Lipinski definition) is 2. The lowest BCUT2D eigenvalue weighted by atomic mass is 9.87. The molecule has 0 saturated heterocycles. The SMILES string of the molecule is Cc1cc(Cl)c(OCCOc2ccc(CC(C[NH3+])c3ccc(-c4cccc(Cl)c4Cl)cc3C)cc2)c(Cl)c1.[Cl-]. The minimum absolute atomic E-state index is 0. The molecule has 3 N–H and O–H groups in total. The molecule has 4 aromatic rings. The Hall–Kier alpha value is -2.11. The van der Waals surface area contributed by atoms with Crippen molar-refractivity contribution in [3.8, 4) is 22.6 Å². The first-order chi connectivity index (χ1) is 18.3. The van der Waals surface area contributed by atoms with Gasteiger partial charge >= 0.3 is 0 Å². The van der Waals surface area contributed by atoms with Crippen molar-refractivity contribution in [3.05, 3.63) is 115 Å². The molecular weight excluding hydrogens is 596 g/mol. The molecule has 1 unspecified atom stereocenters. The summed E-state index contributed by atoms with van der Waals surface area (Å²) < 4.78 is 11.6. The summed E-state index contributed by atoms with van der Waals surface area (Å²) in [6.07, 6.45) is 0.884. The van der Waals surface area contributed by atoms with E-state index in [0.717, 1.165) is 35.4 Å². The molecule has 4 aromatic carbocycles. The van der Waals surface area contributed by atoms with Gasteiger partial charge in [0.05, 0.1) is 26.6 Å². The van der Waals surface area contributed by atoms with Crippen molar-refractivity contribution in [2.75, 3.05) is 19.8 Å². The summed E-state index contributed by atoms with van der Waals surface area (Å²) in [7, 11) is 0. The number of halogens is 5. The fourth-order valence-corrected chi connectivity index (χ4v) is 5.64. The summed E-state index contributed by atoms with van der Waals surface area (Å²) in [4.78, 5) is 0. The lowest BCUT2D eigenvalue weighted by Gasteiger charge is -2.18. The molecule has 39 heavy (non-hydrogen) atoms.